The summed E-state index contributed by atoms with van der Waals surface area (Å²) >= 11 is 0. The maximum absolute atomic E-state index is 13.2. The molecule has 2 aromatic carbocycles. The molecule has 3 aromatic rings. The van der Waals surface area contributed by atoms with Crippen LogP contribution >= 0.6 is 0 Å². The molecule has 0 radical (unpaired) electrons. The molecule has 25 heavy (non-hydrogen) atoms. The Balaban J connectivity index is 1.81. The predicted octanol–water partition coefficient (Wildman–Crippen LogP) is 3.40. The molecular weight excluding hydrogens is 332 g/mol. The van der Waals surface area contributed by atoms with E-state index in [1.807, 2.05) is 54.9 Å². The van der Waals surface area contributed by atoms with Gasteiger partial charge in [-0.2, -0.15) is 0 Å². The van der Waals surface area contributed by atoms with Crippen molar-refractivity contribution < 1.29 is 8.42 Å². The van der Waals surface area contributed by atoms with Gasteiger partial charge in [-0.25, -0.2) is 8.42 Å². The number of fused-ring (bicyclic) bond motifs is 1. The Morgan fingerprint density at radius 2 is 1.96 bits per heavy atom. The van der Waals surface area contributed by atoms with Crippen LogP contribution in [0.25, 0.3) is 10.9 Å². The second-order valence-corrected chi connectivity index (χ2v) is 8.75. The van der Waals surface area contributed by atoms with Crippen LogP contribution in [0.4, 0.5) is 0 Å². The molecule has 0 bridgehead atoms. The number of nitrogens with zero attached hydrogens (tertiary/aromatic N) is 1. The predicted molar refractivity (Wildman–Crippen MR) is 99.8 cm³/mol. The van der Waals surface area contributed by atoms with Gasteiger partial charge in [0.05, 0.1) is 9.79 Å². The fourth-order valence-electron chi connectivity index (χ4n) is 3.84. The van der Waals surface area contributed by atoms with E-state index in [1.54, 1.807) is 12.3 Å². The van der Waals surface area contributed by atoms with Crippen molar-refractivity contribution in [2.24, 2.45) is 7.05 Å². The number of hydrogen-bond acceptors (Lipinski definition) is 3. The quantitative estimate of drug-likeness (QED) is 0.784. The van der Waals surface area contributed by atoms with Crippen LogP contribution in [-0.4, -0.2) is 26.1 Å². The highest BCUT2D eigenvalue weighted by Crippen LogP contribution is 2.32. The van der Waals surface area contributed by atoms with Crippen molar-refractivity contribution in [2.75, 3.05) is 13.1 Å². The summed E-state index contributed by atoms with van der Waals surface area (Å²) in [6, 6.07) is 13.2. The SMILES string of the molecule is Cc1cc(S(=O)(=O)c2cn(C)c3ccccc23)ccc1C1CCNC1. The highest BCUT2D eigenvalue weighted by atomic mass is 32.2. The number of para-hydroxylation sites is 1. The van der Waals surface area contributed by atoms with Gasteiger partial charge in [-0.3, -0.25) is 0 Å². The lowest BCUT2D eigenvalue weighted by molar-refractivity contribution is 0.596. The van der Waals surface area contributed by atoms with E-state index in [0.717, 1.165) is 36.0 Å². The first-order valence-electron chi connectivity index (χ1n) is 8.59. The van der Waals surface area contributed by atoms with Gasteiger partial charge >= 0.3 is 0 Å². The number of aryl methyl sites for hydroxylation is 2. The fraction of sp³-hybridized carbons (Fsp3) is 0.300. The maximum Gasteiger partial charge on any atom is 0.208 e. The summed E-state index contributed by atoms with van der Waals surface area (Å²) in [6.07, 6.45) is 2.82. The van der Waals surface area contributed by atoms with Crippen LogP contribution in [-0.2, 0) is 16.9 Å². The van der Waals surface area contributed by atoms with E-state index in [0.29, 0.717) is 15.7 Å². The first-order valence-corrected chi connectivity index (χ1v) is 10.1. The fourth-order valence-corrected chi connectivity index (χ4v) is 5.43. The molecule has 0 saturated carbocycles. The monoisotopic (exact) mass is 354 g/mol. The third-order valence-corrected chi connectivity index (χ3v) is 6.98. The second kappa shape index (κ2) is 6.00. The van der Waals surface area contributed by atoms with E-state index < -0.39 is 9.84 Å². The zero-order chi connectivity index (χ0) is 17.6. The molecule has 5 heteroatoms. The lowest BCUT2D eigenvalue weighted by Gasteiger charge is -2.14. The molecule has 1 saturated heterocycles. The molecule has 0 amide bonds. The average molecular weight is 354 g/mol. The van der Waals surface area contributed by atoms with Gasteiger partial charge in [0.15, 0.2) is 0 Å². The van der Waals surface area contributed by atoms with E-state index in [9.17, 15) is 8.42 Å². The van der Waals surface area contributed by atoms with Gasteiger partial charge in [0.1, 0.15) is 0 Å². The van der Waals surface area contributed by atoms with Gasteiger partial charge < -0.3 is 9.88 Å². The summed E-state index contributed by atoms with van der Waals surface area (Å²) in [5.74, 6) is 0.481. The van der Waals surface area contributed by atoms with Crippen molar-refractivity contribution in [1.29, 1.82) is 0 Å². The third-order valence-electron chi connectivity index (χ3n) is 5.20. The molecule has 4 nitrogen and oxygen atoms in total. The third kappa shape index (κ3) is 2.68. The summed E-state index contributed by atoms with van der Waals surface area (Å²) in [7, 11) is -1.67. The summed E-state index contributed by atoms with van der Waals surface area (Å²) in [5.41, 5.74) is 3.23. The minimum atomic E-state index is -3.54. The number of hydrogen-bond donors (Lipinski definition) is 1. The number of benzene rings is 2. The van der Waals surface area contributed by atoms with Gasteiger partial charge in [-0.1, -0.05) is 24.3 Å². The van der Waals surface area contributed by atoms with Gasteiger partial charge in [0, 0.05) is 30.7 Å². The number of aromatic nitrogens is 1. The van der Waals surface area contributed by atoms with Crippen molar-refractivity contribution in [3.8, 4) is 0 Å². The minimum Gasteiger partial charge on any atom is -0.349 e. The maximum atomic E-state index is 13.2. The summed E-state index contributed by atoms with van der Waals surface area (Å²) in [6.45, 7) is 4.01. The Hall–Kier alpha value is -2.11. The van der Waals surface area contributed by atoms with E-state index >= 15 is 0 Å². The summed E-state index contributed by atoms with van der Waals surface area (Å²) in [5, 5.41) is 4.14. The molecule has 1 aliphatic heterocycles. The lowest BCUT2D eigenvalue weighted by Crippen LogP contribution is -2.09. The Kier molecular flexibility index (Phi) is 3.93. The van der Waals surface area contributed by atoms with E-state index in [-0.39, 0.29) is 0 Å². The van der Waals surface area contributed by atoms with Gasteiger partial charge in [-0.05, 0) is 55.1 Å². The molecule has 1 atom stereocenters. The van der Waals surface area contributed by atoms with Crippen molar-refractivity contribution in [2.45, 2.75) is 29.1 Å². The standard InChI is InChI=1S/C20H22N2O2S/c1-14-11-16(7-8-17(14)15-9-10-21-12-15)25(23,24)20-13-22(2)19-6-4-3-5-18(19)20/h3-8,11,13,15,21H,9-10,12H2,1-2H3. The Bertz CT molecular complexity index is 1040. The highest BCUT2D eigenvalue weighted by Gasteiger charge is 2.25. The van der Waals surface area contributed by atoms with Crippen LogP contribution in [0.5, 0.6) is 0 Å². The van der Waals surface area contributed by atoms with Gasteiger partial charge in [0.2, 0.25) is 9.84 Å². The Labute approximate surface area is 148 Å². The van der Waals surface area contributed by atoms with Crippen LogP contribution in [0.1, 0.15) is 23.5 Å². The van der Waals surface area contributed by atoms with Gasteiger partial charge in [-0.15, -0.1) is 0 Å². The topological polar surface area (TPSA) is 51.1 Å². The van der Waals surface area contributed by atoms with Crippen LogP contribution < -0.4 is 5.32 Å². The first kappa shape index (κ1) is 16.4. The molecular formula is C20H22N2O2S. The number of nitrogens with one attached hydrogen (secondary N) is 1. The summed E-state index contributed by atoms with van der Waals surface area (Å²) in [4.78, 5) is 0.747. The van der Waals surface area contributed by atoms with Gasteiger partial charge in [0.25, 0.3) is 0 Å². The van der Waals surface area contributed by atoms with Crippen molar-refractivity contribution in [1.82, 2.24) is 9.88 Å². The van der Waals surface area contributed by atoms with Crippen molar-refractivity contribution in [3.05, 3.63) is 59.8 Å². The largest absolute Gasteiger partial charge is 0.349 e. The zero-order valence-corrected chi connectivity index (χ0v) is 15.3. The van der Waals surface area contributed by atoms with Crippen molar-refractivity contribution in [3.63, 3.8) is 0 Å². The molecule has 0 aliphatic carbocycles. The zero-order valence-electron chi connectivity index (χ0n) is 14.5. The molecule has 1 unspecified atom stereocenters. The molecule has 2 heterocycles. The van der Waals surface area contributed by atoms with Crippen LogP contribution in [0.2, 0.25) is 0 Å². The Morgan fingerprint density at radius 3 is 2.68 bits per heavy atom. The minimum absolute atomic E-state index is 0.371. The smallest absolute Gasteiger partial charge is 0.208 e. The second-order valence-electron chi connectivity index (χ2n) is 6.83. The van der Waals surface area contributed by atoms with E-state index in [1.165, 1.54) is 5.56 Å². The van der Waals surface area contributed by atoms with E-state index in [4.69, 9.17) is 0 Å². The van der Waals surface area contributed by atoms with Crippen molar-refractivity contribution >= 4 is 20.7 Å². The number of rotatable bonds is 3. The molecule has 1 N–H and O–H groups in total. The first-order chi connectivity index (χ1) is 12.0. The summed E-state index contributed by atoms with van der Waals surface area (Å²) < 4.78 is 28.3. The number of sulfone groups is 1. The molecule has 4 rings (SSSR count). The van der Waals surface area contributed by atoms with Crippen LogP contribution in [0.15, 0.2) is 58.5 Å². The molecule has 0 spiro atoms. The average Bonchev–Trinajstić information content (AvgIpc) is 3.24. The van der Waals surface area contributed by atoms with Crippen LogP contribution in [0, 0.1) is 6.92 Å². The van der Waals surface area contributed by atoms with E-state index in [2.05, 4.69) is 5.32 Å². The van der Waals surface area contributed by atoms with Crippen LogP contribution in [0.3, 0.4) is 0 Å². The molecule has 1 aliphatic rings. The normalized spacial score (nSPS) is 18.1. The lowest BCUT2D eigenvalue weighted by atomic mass is 9.94. The highest BCUT2D eigenvalue weighted by molar-refractivity contribution is 7.91. The molecule has 1 fully saturated rings. The molecule has 130 valence electrons. The Morgan fingerprint density at radius 1 is 1.16 bits per heavy atom. The molecule has 1 aromatic heterocycles.